The first-order valence-electron chi connectivity index (χ1n) is 9.96. The van der Waals surface area contributed by atoms with Gasteiger partial charge in [-0.15, -0.1) is 5.10 Å². The molecule has 0 bridgehead atoms. The minimum Gasteiger partial charge on any atom is -0.493 e. The third-order valence-electron chi connectivity index (χ3n) is 5.87. The molecule has 0 spiro atoms. The van der Waals surface area contributed by atoms with E-state index in [1.54, 1.807) is 12.1 Å². The van der Waals surface area contributed by atoms with Crippen molar-refractivity contribution in [3.8, 4) is 17.0 Å². The molecule has 0 unspecified atom stereocenters. The van der Waals surface area contributed by atoms with Crippen LogP contribution in [0.3, 0.4) is 0 Å². The molecule has 0 atom stereocenters. The molecule has 2 aliphatic rings. The van der Waals surface area contributed by atoms with Gasteiger partial charge >= 0.3 is 0 Å². The van der Waals surface area contributed by atoms with Crippen molar-refractivity contribution in [1.29, 1.82) is 0 Å². The van der Waals surface area contributed by atoms with E-state index in [0.29, 0.717) is 37.2 Å². The molecule has 1 aromatic carbocycles. The number of hydrogen-bond donors (Lipinski definition) is 2. The van der Waals surface area contributed by atoms with Gasteiger partial charge in [0.2, 0.25) is 11.8 Å². The number of Topliss-reactive ketones (excluding diaryl/α,β-unsaturated/α-hetero) is 1. The van der Waals surface area contributed by atoms with E-state index in [1.165, 1.54) is 4.52 Å². The van der Waals surface area contributed by atoms with Crippen LogP contribution in [-0.2, 0) is 16.6 Å². The third kappa shape index (κ3) is 2.64. The van der Waals surface area contributed by atoms with Gasteiger partial charge in [0.15, 0.2) is 17.3 Å². The lowest BCUT2D eigenvalue weighted by molar-refractivity contribution is -0.124. The first-order valence-corrected chi connectivity index (χ1v) is 9.96. The van der Waals surface area contributed by atoms with E-state index >= 15 is 0 Å². The summed E-state index contributed by atoms with van der Waals surface area (Å²) in [6.45, 7) is 3.85. The van der Waals surface area contributed by atoms with E-state index in [-0.39, 0.29) is 23.6 Å². The van der Waals surface area contributed by atoms with Crippen LogP contribution in [0.1, 0.15) is 54.9 Å². The maximum Gasteiger partial charge on any atom is 0.234 e. The number of ketones is 1. The minimum atomic E-state index is -0.728. The highest BCUT2D eigenvalue weighted by Crippen LogP contribution is 2.47. The molecular formula is C22H22N4O3. The Kier molecular flexibility index (Phi) is 3.78. The lowest BCUT2D eigenvalue weighted by atomic mass is 9.97. The number of aromatic nitrogens is 3. The Hall–Kier alpha value is -3.22. The van der Waals surface area contributed by atoms with Crippen molar-refractivity contribution in [2.75, 3.05) is 0 Å². The molecule has 0 saturated heterocycles. The van der Waals surface area contributed by atoms with Gasteiger partial charge in [0.1, 0.15) is 5.41 Å². The van der Waals surface area contributed by atoms with E-state index in [4.69, 9.17) is 4.98 Å². The summed E-state index contributed by atoms with van der Waals surface area (Å²) in [4.78, 5) is 29.6. The summed E-state index contributed by atoms with van der Waals surface area (Å²) in [7, 11) is 0. The Morgan fingerprint density at radius 1 is 1.14 bits per heavy atom. The third-order valence-corrected chi connectivity index (χ3v) is 5.87. The van der Waals surface area contributed by atoms with Gasteiger partial charge in [0, 0.05) is 29.7 Å². The summed E-state index contributed by atoms with van der Waals surface area (Å²) in [5, 5.41) is 17.8. The first-order chi connectivity index (χ1) is 13.9. The molecule has 2 heterocycles. The van der Waals surface area contributed by atoms with Crippen LogP contribution in [-0.4, -0.2) is 37.4 Å². The van der Waals surface area contributed by atoms with Gasteiger partial charge in [-0.25, -0.2) is 4.98 Å². The smallest absolute Gasteiger partial charge is 0.234 e. The van der Waals surface area contributed by atoms with Gasteiger partial charge in [-0.3, -0.25) is 9.59 Å². The summed E-state index contributed by atoms with van der Waals surface area (Å²) in [5.41, 5.74) is 3.25. The number of hydrogen-bond acceptors (Lipinski definition) is 5. The van der Waals surface area contributed by atoms with Crippen LogP contribution in [0.2, 0.25) is 0 Å². The molecule has 148 valence electrons. The van der Waals surface area contributed by atoms with Crippen molar-refractivity contribution in [3.63, 3.8) is 0 Å². The second-order valence-corrected chi connectivity index (χ2v) is 8.24. The zero-order valence-corrected chi connectivity index (χ0v) is 16.4. The van der Waals surface area contributed by atoms with Crippen LogP contribution in [0.4, 0.5) is 0 Å². The fourth-order valence-electron chi connectivity index (χ4n) is 4.18. The average Bonchev–Trinajstić information content (AvgIpc) is 3.23. The first kappa shape index (κ1) is 17.8. The van der Waals surface area contributed by atoms with Crippen LogP contribution in [0.15, 0.2) is 30.3 Å². The molecule has 1 fully saturated rings. The van der Waals surface area contributed by atoms with E-state index in [0.717, 1.165) is 22.3 Å². The number of nitrogens with zero attached hydrogens (tertiary/aromatic N) is 3. The topological polar surface area (TPSA) is 96.6 Å². The molecule has 7 nitrogen and oxygen atoms in total. The number of carbonyl (C=O) groups is 2. The molecular weight excluding hydrogens is 368 g/mol. The number of nitrogens with one attached hydrogen (secondary N) is 1. The van der Waals surface area contributed by atoms with Crippen LogP contribution in [0.5, 0.6) is 5.88 Å². The lowest BCUT2D eigenvalue weighted by Gasteiger charge is -2.14. The molecule has 29 heavy (non-hydrogen) atoms. The highest BCUT2D eigenvalue weighted by Gasteiger charge is 2.55. The number of pyridine rings is 1. The van der Waals surface area contributed by atoms with E-state index in [9.17, 15) is 14.7 Å². The molecule has 0 radical (unpaired) electrons. The number of carbonyl (C=O) groups excluding carboxylic acids is 2. The maximum absolute atomic E-state index is 12.7. The normalized spacial score (nSPS) is 17.0. The van der Waals surface area contributed by atoms with Gasteiger partial charge in [0.25, 0.3) is 0 Å². The monoisotopic (exact) mass is 390 g/mol. The molecule has 0 aliphatic heterocycles. The number of rotatable bonds is 4. The molecule has 7 heteroatoms. The van der Waals surface area contributed by atoms with Crippen molar-refractivity contribution < 1.29 is 14.7 Å². The average molecular weight is 390 g/mol. The van der Waals surface area contributed by atoms with Crippen molar-refractivity contribution in [2.45, 2.75) is 51.0 Å². The van der Waals surface area contributed by atoms with Crippen molar-refractivity contribution in [1.82, 2.24) is 19.9 Å². The van der Waals surface area contributed by atoms with Crippen LogP contribution < -0.4 is 5.32 Å². The minimum absolute atomic E-state index is 0.0328. The molecule has 5 rings (SSSR count). The predicted molar refractivity (Wildman–Crippen MR) is 107 cm³/mol. The predicted octanol–water partition coefficient (Wildman–Crippen LogP) is 2.79. The van der Waals surface area contributed by atoms with Crippen LogP contribution >= 0.6 is 0 Å². The Morgan fingerprint density at radius 3 is 2.62 bits per heavy atom. The molecule has 1 amide bonds. The quantitative estimate of drug-likeness (QED) is 0.714. The molecule has 2 aromatic heterocycles. The summed E-state index contributed by atoms with van der Waals surface area (Å²) in [6.07, 6.45) is 2.58. The van der Waals surface area contributed by atoms with Crippen LogP contribution in [0.25, 0.3) is 16.8 Å². The van der Waals surface area contributed by atoms with Crippen molar-refractivity contribution >= 4 is 17.3 Å². The second kappa shape index (κ2) is 6.14. The standard InChI is InChI=1S/C22H22N4O3/c1-12(2)23-21(29)22(10-11-22)20-24-19-16(7-9-18(28)26(19)25-20)13-4-3-5-15-14(13)6-8-17(15)27/h3-5,7,9,12,28H,6,8,10-11H2,1-2H3,(H,23,29). The Labute approximate surface area is 167 Å². The van der Waals surface area contributed by atoms with Crippen molar-refractivity contribution in [3.05, 3.63) is 47.3 Å². The molecule has 2 aliphatic carbocycles. The van der Waals surface area contributed by atoms with Gasteiger partial charge in [0.05, 0.1) is 0 Å². The zero-order valence-electron chi connectivity index (χ0n) is 16.4. The number of benzene rings is 1. The summed E-state index contributed by atoms with van der Waals surface area (Å²) in [6, 6.07) is 9.11. The highest BCUT2D eigenvalue weighted by molar-refractivity contribution is 6.03. The van der Waals surface area contributed by atoms with Gasteiger partial charge in [-0.2, -0.15) is 4.52 Å². The van der Waals surface area contributed by atoms with Crippen LogP contribution in [0, 0.1) is 0 Å². The SMILES string of the molecule is CC(C)NC(=O)C1(c2nc3c(-c4cccc5c4CCC5=O)ccc(O)n3n2)CC1. The molecule has 2 N–H and O–H groups in total. The lowest BCUT2D eigenvalue weighted by Crippen LogP contribution is -2.39. The summed E-state index contributed by atoms with van der Waals surface area (Å²) in [5.74, 6) is 0.477. The van der Waals surface area contributed by atoms with Gasteiger partial charge in [-0.05, 0) is 50.3 Å². The summed E-state index contributed by atoms with van der Waals surface area (Å²) < 4.78 is 1.39. The zero-order chi connectivity index (χ0) is 20.3. The molecule has 3 aromatic rings. The number of amides is 1. The van der Waals surface area contributed by atoms with E-state index < -0.39 is 5.41 Å². The van der Waals surface area contributed by atoms with Gasteiger partial charge in [-0.1, -0.05) is 18.2 Å². The number of aromatic hydroxyl groups is 1. The second-order valence-electron chi connectivity index (χ2n) is 8.24. The fraction of sp³-hybridized carbons (Fsp3) is 0.364. The Morgan fingerprint density at radius 2 is 1.90 bits per heavy atom. The maximum atomic E-state index is 12.7. The van der Waals surface area contributed by atoms with Crippen molar-refractivity contribution in [2.24, 2.45) is 0 Å². The summed E-state index contributed by atoms with van der Waals surface area (Å²) >= 11 is 0. The Bertz CT molecular complexity index is 1170. The van der Waals surface area contributed by atoms with E-state index in [1.807, 2.05) is 32.0 Å². The van der Waals surface area contributed by atoms with Gasteiger partial charge < -0.3 is 10.4 Å². The fourth-order valence-corrected chi connectivity index (χ4v) is 4.18. The number of fused-ring (bicyclic) bond motifs is 2. The highest BCUT2D eigenvalue weighted by atomic mass is 16.3. The Balaban J connectivity index is 1.66. The largest absolute Gasteiger partial charge is 0.493 e. The van der Waals surface area contributed by atoms with E-state index in [2.05, 4.69) is 10.4 Å². The molecule has 1 saturated carbocycles.